The largest absolute Gasteiger partial charge is 0.486 e. The molecule has 3 nitrogen and oxygen atoms in total. The van der Waals surface area contributed by atoms with Gasteiger partial charge in [-0.2, -0.15) is 0 Å². The van der Waals surface area contributed by atoms with E-state index in [0.29, 0.717) is 6.61 Å². The maximum atomic E-state index is 5.79. The topological polar surface area (TPSA) is 34.1 Å². The highest BCUT2D eigenvalue weighted by Crippen LogP contribution is 2.20. The lowest BCUT2D eigenvalue weighted by molar-refractivity contribution is 0.305. The summed E-state index contributed by atoms with van der Waals surface area (Å²) < 4.78 is 5.79. The third kappa shape index (κ3) is 5.14. The molecule has 0 atom stereocenters. The van der Waals surface area contributed by atoms with Crippen molar-refractivity contribution in [1.29, 1.82) is 0 Å². The van der Waals surface area contributed by atoms with Gasteiger partial charge in [0.2, 0.25) is 0 Å². The standard InChI is InChI=1S/C17H24N2OS/c1-4-5-10-18-11-16-14(3)19-17(21-16)12-20-15-8-6-13(2)7-9-15/h6-9,18H,4-5,10-12H2,1-3H3. The molecule has 2 aromatic rings. The van der Waals surface area contributed by atoms with Gasteiger partial charge >= 0.3 is 0 Å². The first-order valence-corrected chi connectivity index (χ1v) is 8.36. The van der Waals surface area contributed by atoms with E-state index in [1.165, 1.54) is 23.3 Å². The van der Waals surface area contributed by atoms with Crippen LogP contribution < -0.4 is 10.1 Å². The van der Waals surface area contributed by atoms with E-state index in [-0.39, 0.29) is 0 Å². The molecule has 114 valence electrons. The number of nitrogens with zero attached hydrogens (tertiary/aromatic N) is 1. The van der Waals surface area contributed by atoms with Gasteiger partial charge in [0.15, 0.2) is 0 Å². The summed E-state index contributed by atoms with van der Waals surface area (Å²) >= 11 is 1.74. The molecule has 21 heavy (non-hydrogen) atoms. The van der Waals surface area contributed by atoms with Crippen LogP contribution in [0.15, 0.2) is 24.3 Å². The Bertz CT molecular complexity index is 548. The van der Waals surface area contributed by atoms with Crippen LogP contribution in [0.4, 0.5) is 0 Å². The molecule has 1 heterocycles. The fourth-order valence-corrected chi connectivity index (χ4v) is 2.95. The van der Waals surface area contributed by atoms with E-state index >= 15 is 0 Å². The Morgan fingerprint density at radius 3 is 2.67 bits per heavy atom. The summed E-state index contributed by atoms with van der Waals surface area (Å²) in [6.07, 6.45) is 2.45. The van der Waals surface area contributed by atoms with E-state index in [9.17, 15) is 0 Å². The van der Waals surface area contributed by atoms with Crippen LogP contribution in [0.2, 0.25) is 0 Å². The second-order valence-corrected chi connectivity index (χ2v) is 6.42. The first-order chi connectivity index (χ1) is 10.2. The minimum absolute atomic E-state index is 0.545. The molecule has 1 aromatic carbocycles. The molecule has 0 radical (unpaired) electrons. The predicted octanol–water partition coefficient (Wildman–Crippen LogP) is 4.23. The van der Waals surface area contributed by atoms with Gasteiger partial charge in [-0.05, 0) is 38.9 Å². The van der Waals surface area contributed by atoms with Gasteiger partial charge < -0.3 is 10.1 Å². The summed E-state index contributed by atoms with van der Waals surface area (Å²) in [5, 5.41) is 4.51. The van der Waals surface area contributed by atoms with Crippen LogP contribution in [-0.4, -0.2) is 11.5 Å². The monoisotopic (exact) mass is 304 g/mol. The van der Waals surface area contributed by atoms with Crippen LogP contribution in [0.1, 0.15) is 40.9 Å². The quantitative estimate of drug-likeness (QED) is 0.741. The molecule has 2 rings (SSSR count). The van der Waals surface area contributed by atoms with Gasteiger partial charge in [0, 0.05) is 11.4 Å². The van der Waals surface area contributed by atoms with E-state index in [1.54, 1.807) is 11.3 Å². The van der Waals surface area contributed by atoms with Gasteiger partial charge in [0.25, 0.3) is 0 Å². The molecule has 0 aliphatic heterocycles. The number of aryl methyl sites for hydroxylation is 2. The molecule has 1 aromatic heterocycles. The highest BCUT2D eigenvalue weighted by molar-refractivity contribution is 7.11. The smallest absolute Gasteiger partial charge is 0.140 e. The molecule has 0 unspecified atom stereocenters. The number of thiazole rings is 1. The third-order valence-corrected chi connectivity index (χ3v) is 4.44. The van der Waals surface area contributed by atoms with E-state index < -0.39 is 0 Å². The Morgan fingerprint density at radius 1 is 1.19 bits per heavy atom. The van der Waals surface area contributed by atoms with Gasteiger partial charge in [-0.3, -0.25) is 0 Å². The van der Waals surface area contributed by atoms with Crippen molar-refractivity contribution in [1.82, 2.24) is 10.3 Å². The van der Waals surface area contributed by atoms with Crippen LogP contribution in [-0.2, 0) is 13.2 Å². The van der Waals surface area contributed by atoms with Crippen LogP contribution in [0, 0.1) is 13.8 Å². The number of benzene rings is 1. The number of aromatic nitrogens is 1. The predicted molar refractivity (Wildman–Crippen MR) is 89.0 cm³/mol. The van der Waals surface area contributed by atoms with Crippen LogP contribution in [0.3, 0.4) is 0 Å². The minimum Gasteiger partial charge on any atom is -0.486 e. The lowest BCUT2D eigenvalue weighted by Crippen LogP contribution is -2.14. The first-order valence-electron chi connectivity index (χ1n) is 7.54. The van der Waals surface area contributed by atoms with E-state index in [0.717, 1.165) is 29.5 Å². The van der Waals surface area contributed by atoms with Crippen molar-refractivity contribution < 1.29 is 4.74 Å². The van der Waals surface area contributed by atoms with Gasteiger partial charge in [-0.1, -0.05) is 31.0 Å². The normalized spacial score (nSPS) is 10.8. The van der Waals surface area contributed by atoms with Crippen molar-refractivity contribution in [3.63, 3.8) is 0 Å². The Kier molecular flexibility index (Phi) is 6.21. The lowest BCUT2D eigenvalue weighted by Gasteiger charge is -2.03. The van der Waals surface area contributed by atoms with Crippen molar-refractivity contribution in [2.75, 3.05) is 6.54 Å². The zero-order valence-electron chi connectivity index (χ0n) is 13.1. The molecule has 4 heteroatoms. The summed E-state index contributed by atoms with van der Waals surface area (Å²) in [5.41, 5.74) is 2.36. The van der Waals surface area contributed by atoms with Gasteiger partial charge in [-0.15, -0.1) is 11.3 Å². The Balaban J connectivity index is 1.85. The number of hydrogen-bond donors (Lipinski definition) is 1. The number of unbranched alkanes of at least 4 members (excludes halogenated alkanes) is 1. The SMILES string of the molecule is CCCCNCc1sc(COc2ccc(C)cc2)nc1C. The molecular formula is C17H24N2OS. The minimum atomic E-state index is 0.545. The van der Waals surface area contributed by atoms with Crippen molar-refractivity contribution in [2.45, 2.75) is 46.8 Å². The first kappa shape index (κ1) is 16.0. The van der Waals surface area contributed by atoms with Crippen molar-refractivity contribution >= 4 is 11.3 Å². The lowest BCUT2D eigenvalue weighted by atomic mass is 10.2. The summed E-state index contributed by atoms with van der Waals surface area (Å²) in [7, 11) is 0. The highest BCUT2D eigenvalue weighted by Gasteiger charge is 2.07. The maximum Gasteiger partial charge on any atom is 0.140 e. The molecule has 0 aliphatic carbocycles. The third-order valence-electron chi connectivity index (χ3n) is 3.31. The number of ether oxygens (including phenoxy) is 1. The van der Waals surface area contributed by atoms with Crippen molar-refractivity contribution in [3.8, 4) is 5.75 Å². The van der Waals surface area contributed by atoms with E-state index in [2.05, 4.69) is 43.2 Å². The molecule has 0 saturated heterocycles. The van der Waals surface area contributed by atoms with Gasteiger partial charge in [0.05, 0.1) is 5.69 Å². The summed E-state index contributed by atoms with van der Waals surface area (Å²) in [4.78, 5) is 5.91. The highest BCUT2D eigenvalue weighted by atomic mass is 32.1. The molecule has 0 aliphatic rings. The average Bonchev–Trinajstić information content (AvgIpc) is 2.83. The number of nitrogens with one attached hydrogen (secondary N) is 1. The summed E-state index contributed by atoms with van der Waals surface area (Å²) in [6.45, 7) is 8.88. The van der Waals surface area contributed by atoms with Crippen LogP contribution in [0.5, 0.6) is 5.75 Å². The molecule has 0 fully saturated rings. The van der Waals surface area contributed by atoms with Gasteiger partial charge in [0.1, 0.15) is 17.4 Å². The summed E-state index contributed by atoms with van der Waals surface area (Å²) in [5.74, 6) is 0.899. The van der Waals surface area contributed by atoms with E-state index in [4.69, 9.17) is 4.74 Å². The maximum absolute atomic E-state index is 5.79. The number of hydrogen-bond acceptors (Lipinski definition) is 4. The number of rotatable bonds is 8. The molecule has 0 bridgehead atoms. The zero-order valence-corrected chi connectivity index (χ0v) is 13.9. The fourth-order valence-electron chi connectivity index (χ4n) is 2.00. The van der Waals surface area contributed by atoms with Crippen LogP contribution >= 0.6 is 11.3 Å². The Morgan fingerprint density at radius 2 is 1.95 bits per heavy atom. The average molecular weight is 304 g/mol. The Hall–Kier alpha value is -1.39. The second kappa shape index (κ2) is 8.15. The van der Waals surface area contributed by atoms with Crippen molar-refractivity contribution in [3.05, 3.63) is 45.4 Å². The Labute approximate surface area is 131 Å². The zero-order chi connectivity index (χ0) is 15.1. The van der Waals surface area contributed by atoms with Crippen molar-refractivity contribution in [2.24, 2.45) is 0 Å². The second-order valence-electron chi connectivity index (χ2n) is 5.25. The molecule has 0 saturated carbocycles. The fraction of sp³-hybridized carbons (Fsp3) is 0.471. The molecular weight excluding hydrogens is 280 g/mol. The molecule has 0 spiro atoms. The molecule has 1 N–H and O–H groups in total. The summed E-state index contributed by atoms with van der Waals surface area (Å²) in [6, 6.07) is 8.13. The van der Waals surface area contributed by atoms with E-state index in [1.807, 2.05) is 12.1 Å². The van der Waals surface area contributed by atoms with Crippen LogP contribution in [0.25, 0.3) is 0 Å². The van der Waals surface area contributed by atoms with Gasteiger partial charge in [-0.25, -0.2) is 4.98 Å². The molecule has 0 amide bonds.